The van der Waals surface area contributed by atoms with Gasteiger partial charge < -0.3 is 10.2 Å². The minimum atomic E-state index is 0.142. The van der Waals surface area contributed by atoms with Gasteiger partial charge in [0, 0.05) is 23.6 Å². The van der Waals surface area contributed by atoms with Crippen molar-refractivity contribution < 1.29 is 4.79 Å². The Hall–Kier alpha value is 0.0900. The lowest BCUT2D eigenvalue weighted by atomic mass is 10.1. The van der Waals surface area contributed by atoms with Crippen molar-refractivity contribution in [3.8, 4) is 0 Å². The smallest absolute Gasteiger partial charge is 0.264 e. The van der Waals surface area contributed by atoms with Crippen LogP contribution in [0.25, 0.3) is 0 Å². The van der Waals surface area contributed by atoms with E-state index in [1.54, 1.807) is 0 Å². The van der Waals surface area contributed by atoms with Crippen LogP contribution in [0.2, 0.25) is 0 Å². The highest BCUT2D eigenvalue weighted by Crippen LogP contribution is 2.33. The first-order chi connectivity index (χ1) is 9.47. The average Bonchev–Trinajstić information content (AvgIpc) is 2.98. The first kappa shape index (κ1) is 16.5. The van der Waals surface area contributed by atoms with Gasteiger partial charge in [-0.15, -0.1) is 11.3 Å². The number of amides is 1. The number of nitrogens with one attached hydrogen (secondary N) is 1. The molecule has 1 unspecified atom stereocenters. The molecule has 1 atom stereocenters. The second kappa shape index (κ2) is 7.38. The average molecular weight is 424 g/mol. The van der Waals surface area contributed by atoms with Crippen LogP contribution in [0, 0.1) is 5.92 Å². The summed E-state index contributed by atoms with van der Waals surface area (Å²) in [6.07, 6.45) is 2.38. The minimum Gasteiger partial charge on any atom is -0.336 e. The summed E-state index contributed by atoms with van der Waals surface area (Å²) in [5, 5.41) is 3.47. The van der Waals surface area contributed by atoms with Crippen molar-refractivity contribution in [2.75, 3.05) is 19.6 Å². The highest BCUT2D eigenvalue weighted by Gasteiger charge is 2.24. The van der Waals surface area contributed by atoms with Crippen molar-refractivity contribution >= 4 is 49.1 Å². The van der Waals surface area contributed by atoms with Crippen LogP contribution in [0.5, 0.6) is 0 Å². The molecule has 3 nitrogen and oxygen atoms in total. The zero-order valence-corrected chi connectivity index (χ0v) is 15.8. The van der Waals surface area contributed by atoms with Crippen molar-refractivity contribution in [3.05, 3.63) is 19.2 Å². The van der Waals surface area contributed by atoms with Gasteiger partial charge in [-0.05, 0) is 63.2 Å². The predicted molar refractivity (Wildman–Crippen MR) is 91.5 cm³/mol. The van der Waals surface area contributed by atoms with Crippen LogP contribution in [0.15, 0.2) is 14.3 Å². The van der Waals surface area contributed by atoms with Crippen molar-refractivity contribution in [2.24, 2.45) is 5.92 Å². The van der Waals surface area contributed by atoms with Gasteiger partial charge in [0.15, 0.2) is 0 Å². The molecule has 1 N–H and O–H groups in total. The molecule has 0 spiro atoms. The zero-order valence-electron chi connectivity index (χ0n) is 11.8. The third kappa shape index (κ3) is 4.29. The Labute approximate surface area is 141 Å². The highest BCUT2D eigenvalue weighted by molar-refractivity contribution is 9.13. The van der Waals surface area contributed by atoms with Gasteiger partial charge in [-0.25, -0.2) is 0 Å². The van der Waals surface area contributed by atoms with Crippen LogP contribution in [0.4, 0.5) is 0 Å². The van der Waals surface area contributed by atoms with Crippen molar-refractivity contribution in [3.63, 3.8) is 0 Å². The maximum atomic E-state index is 12.7. The van der Waals surface area contributed by atoms with Crippen LogP contribution in [0.3, 0.4) is 0 Å². The minimum absolute atomic E-state index is 0.142. The van der Waals surface area contributed by atoms with E-state index in [-0.39, 0.29) is 5.91 Å². The van der Waals surface area contributed by atoms with E-state index in [0.29, 0.717) is 12.0 Å². The monoisotopic (exact) mass is 422 g/mol. The van der Waals surface area contributed by atoms with Gasteiger partial charge in [0.05, 0.1) is 8.66 Å². The number of nitrogens with zero attached hydrogens (tertiary/aromatic N) is 1. The Balaban J connectivity index is 2.09. The van der Waals surface area contributed by atoms with E-state index in [1.165, 1.54) is 24.2 Å². The number of thiophene rings is 1. The number of hydrogen-bond donors (Lipinski definition) is 1. The van der Waals surface area contributed by atoms with Gasteiger partial charge in [0.2, 0.25) is 0 Å². The zero-order chi connectivity index (χ0) is 14.7. The van der Waals surface area contributed by atoms with Gasteiger partial charge in [-0.1, -0.05) is 13.8 Å². The molecule has 0 aromatic carbocycles. The third-order valence-electron chi connectivity index (χ3n) is 3.33. The molecule has 1 aliphatic rings. The topological polar surface area (TPSA) is 32.3 Å². The number of carbonyl (C=O) groups is 1. The molecule has 6 heteroatoms. The van der Waals surface area contributed by atoms with E-state index >= 15 is 0 Å². The Morgan fingerprint density at radius 3 is 2.80 bits per heavy atom. The molecule has 20 heavy (non-hydrogen) atoms. The Morgan fingerprint density at radius 1 is 1.55 bits per heavy atom. The van der Waals surface area contributed by atoms with Crippen LogP contribution < -0.4 is 5.32 Å². The fourth-order valence-electron chi connectivity index (χ4n) is 2.47. The largest absolute Gasteiger partial charge is 0.336 e. The number of halogens is 2. The molecular formula is C14H20Br2N2OS. The fraction of sp³-hybridized carbons (Fsp3) is 0.643. The lowest BCUT2D eigenvalue weighted by Gasteiger charge is -2.27. The summed E-state index contributed by atoms with van der Waals surface area (Å²) in [5.41, 5.74) is 0. The van der Waals surface area contributed by atoms with Crippen molar-refractivity contribution in [1.82, 2.24) is 10.2 Å². The normalized spacial score (nSPS) is 18.8. The quantitative estimate of drug-likeness (QED) is 0.772. The van der Waals surface area contributed by atoms with E-state index in [4.69, 9.17) is 0 Å². The van der Waals surface area contributed by atoms with E-state index in [2.05, 4.69) is 51.0 Å². The first-order valence-electron chi connectivity index (χ1n) is 6.95. The van der Waals surface area contributed by atoms with Gasteiger partial charge in [-0.2, -0.15) is 0 Å². The number of carbonyl (C=O) groups excluding carboxylic acids is 1. The molecule has 1 aliphatic heterocycles. The molecule has 0 saturated carbocycles. The van der Waals surface area contributed by atoms with Gasteiger partial charge in [0.1, 0.15) is 0 Å². The predicted octanol–water partition coefficient (Wildman–Crippen LogP) is 4.12. The maximum Gasteiger partial charge on any atom is 0.264 e. The highest BCUT2D eigenvalue weighted by atomic mass is 79.9. The Kier molecular flexibility index (Phi) is 6.08. The summed E-state index contributed by atoms with van der Waals surface area (Å²) in [4.78, 5) is 15.5. The second-order valence-electron chi connectivity index (χ2n) is 5.63. The van der Waals surface area contributed by atoms with Crippen molar-refractivity contribution in [1.29, 1.82) is 0 Å². The molecule has 0 radical (unpaired) electrons. The van der Waals surface area contributed by atoms with E-state index in [1.807, 2.05) is 11.0 Å². The van der Waals surface area contributed by atoms with E-state index < -0.39 is 0 Å². The standard InChI is InChI=1S/C14H20Br2N2OS/c1-9(2)7-18(8-10-4-3-5-17-10)14(19)12-6-11(15)13(16)20-12/h6,9-10,17H,3-5,7-8H2,1-2H3. The second-order valence-corrected chi connectivity index (χ2v) is 8.85. The molecular weight excluding hydrogens is 404 g/mol. The van der Waals surface area contributed by atoms with Crippen LogP contribution >= 0.6 is 43.2 Å². The van der Waals surface area contributed by atoms with Crippen molar-refractivity contribution in [2.45, 2.75) is 32.7 Å². The number of hydrogen-bond acceptors (Lipinski definition) is 3. The molecule has 112 valence electrons. The lowest BCUT2D eigenvalue weighted by molar-refractivity contribution is 0.0726. The number of rotatable bonds is 5. The molecule has 2 heterocycles. The molecule has 1 amide bonds. The van der Waals surface area contributed by atoms with Crippen LogP contribution in [-0.4, -0.2) is 36.5 Å². The SMILES string of the molecule is CC(C)CN(CC1CCCN1)C(=O)c1cc(Br)c(Br)s1. The Morgan fingerprint density at radius 2 is 2.30 bits per heavy atom. The first-order valence-corrected chi connectivity index (χ1v) is 9.35. The molecule has 1 aromatic rings. The van der Waals surface area contributed by atoms with Gasteiger partial charge in [0.25, 0.3) is 5.91 Å². The summed E-state index contributed by atoms with van der Waals surface area (Å²) in [6, 6.07) is 2.36. The molecule has 0 aliphatic carbocycles. The fourth-order valence-corrected chi connectivity index (χ4v) is 4.47. The van der Waals surface area contributed by atoms with Gasteiger partial charge in [-0.3, -0.25) is 4.79 Å². The summed E-state index contributed by atoms with van der Waals surface area (Å²) < 4.78 is 1.93. The van der Waals surface area contributed by atoms with Crippen LogP contribution in [0.1, 0.15) is 36.4 Å². The Bertz CT molecular complexity index is 450. The molecule has 1 aromatic heterocycles. The summed E-state index contributed by atoms with van der Waals surface area (Å²) >= 11 is 8.41. The lowest BCUT2D eigenvalue weighted by Crippen LogP contribution is -2.42. The summed E-state index contributed by atoms with van der Waals surface area (Å²) in [7, 11) is 0. The van der Waals surface area contributed by atoms with E-state index in [0.717, 1.165) is 32.8 Å². The van der Waals surface area contributed by atoms with E-state index in [9.17, 15) is 4.79 Å². The van der Waals surface area contributed by atoms with Gasteiger partial charge >= 0.3 is 0 Å². The maximum absolute atomic E-state index is 12.7. The molecule has 1 saturated heterocycles. The summed E-state index contributed by atoms with van der Waals surface area (Å²) in [6.45, 7) is 7.00. The molecule has 0 bridgehead atoms. The molecule has 2 rings (SSSR count). The third-order valence-corrected chi connectivity index (χ3v) is 6.58. The van der Waals surface area contributed by atoms with Crippen LogP contribution in [-0.2, 0) is 0 Å². The molecule has 1 fully saturated rings. The summed E-state index contributed by atoms with van der Waals surface area (Å²) in [5.74, 6) is 0.621.